The Kier molecular flexibility index (Phi) is 8.54. The highest BCUT2D eigenvalue weighted by molar-refractivity contribution is 5.93. The maximum absolute atomic E-state index is 12.8. The number of rotatable bonds is 10. The maximum Gasteiger partial charge on any atom is 0.239 e. The fourth-order valence-electron chi connectivity index (χ4n) is 3.34. The second kappa shape index (κ2) is 11.8. The summed E-state index contributed by atoms with van der Waals surface area (Å²) in [4.78, 5) is 42.9. The average Bonchev–Trinajstić information content (AvgIpc) is 3.30. The summed E-state index contributed by atoms with van der Waals surface area (Å²) in [5.74, 6) is -0.344. The van der Waals surface area contributed by atoms with Crippen molar-refractivity contribution in [2.24, 2.45) is 0 Å². The molecule has 1 aromatic heterocycles. The van der Waals surface area contributed by atoms with Gasteiger partial charge in [-0.3, -0.25) is 14.4 Å². The third-order valence-corrected chi connectivity index (χ3v) is 4.97. The van der Waals surface area contributed by atoms with Crippen molar-refractivity contribution in [3.05, 3.63) is 60.3 Å². The minimum Gasteiger partial charge on any atom is -0.376 e. The fourth-order valence-corrected chi connectivity index (χ4v) is 3.34. The van der Waals surface area contributed by atoms with Crippen LogP contribution < -0.4 is 10.6 Å². The first-order valence-electron chi connectivity index (χ1n) is 10.5. The van der Waals surface area contributed by atoms with Crippen LogP contribution in [0.5, 0.6) is 0 Å². The normalized spacial score (nSPS) is 15.3. The maximum atomic E-state index is 12.8. The number of nitrogens with zero attached hydrogens (tertiary/aromatic N) is 2. The number of amides is 3. The molecular weight excluding hydrogens is 396 g/mol. The second-order valence-electron chi connectivity index (χ2n) is 7.43. The lowest BCUT2D eigenvalue weighted by Crippen LogP contribution is -2.44. The van der Waals surface area contributed by atoms with Gasteiger partial charge in [0, 0.05) is 38.7 Å². The number of aromatic nitrogens is 1. The lowest BCUT2D eigenvalue weighted by Gasteiger charge is -2.25. The smallest absolute Gasteiger partial charge is 0.239 e. The second-order valence-corrected chi connectivity index (χ2v) is 7.43. The summed E-state index contributed by atoms with van der Waals surface area (Å²) >= 11 is 0. The zero-order valence-electron chi connectivity index (χ0n) is 17.5. The molecule has 0 aliphatic carbocycles. The van der Waals surface area contributed by atoms with Crippen LogP contribution in [-0.2, 0) is 25.7 Å². The van der Waals surface area contributed by atoms with E-state index in [0.29, 0.717) is 25.5 Å². The molecule has 1 aliphatic rings. The van der Waals surface area contributed by atoms with Crippen LogP contribution in [0.15, 0.2) is 54.7 Å². The molecule has 2 heterocycles. The number of anilines is 1. The van der Waals surface area contributed by atoms with E-state index in [-0.39, 0.29) is 43.2 Å². The number of pyridine rings is 1. The van der Waals surface area contributed by atoms with Crippen molar-refractivity contribution in [3.63, 3.8) is 0 Å². The molecule has 8 nitrogen and oxygen atoms in total. The van der Waals surface area contributed by atoms with Gasteiger partial charge in [0.2, 0.25) is 17.7 Å². The molecular formula is C23H28N4O4. The first-order chi connectivity index (χ1) is 15.1. The van der Waals surface area contributed by atoms with Crippen molar-refractivity contribution in [1.29, 1.82) is 0 Å². The predicted molar refractivity (Wildman–Crippen MR) is 116 cm³/mol. The average molecular weight is 425 g/mol. The van der Waals surface area contributed by atoms with Gasteiger partial charge in [0.15, 0.2) is 0 Å². The zero-order chi connectivity index (χ0) is 21.9. The number of hydrogen-bond donors (Lipinski definition) is 2. The molecule has 1 fully saturated rings. The van der Waals surface area contributed by atoms with E-state index in [1.165, 1.54) is 4.90 Å². The Labute approximate surface area is 182 Å². The van der Waals surface area contributed by atoms with Gasteiger partial charge in [-0.1, -0.05) is 36.4 Å². The van der Waals surface area contributed by atoms with E-state index in [9.17, 15) is 14.4 Å². The molecule has 0 unspecified atom stereocenters. The Morgan fingerprint density at radius 3 is 2.55 bits per heavy atom. The molecule has 2 aromatic rings. The summed E-state index contributed by atoms with van der Waals surface area (Å²) in [6.07, 6.45) is 3.33. The molecule has 2 N–H and O–H groups in total. The summed E-state index contributed by atoms with van der Waals surface area (Å²) in [7, 11) is 0. The zero-order valence-corrected chi connectivity index (χ0v) is 17.5. The van der Waals surface area contributed by atoms with Crippen molar-refractivity contribution in [3.8, 4) is 0 Å². The van der Waals surface area contributed by atoms with Crippen molar-refractivity contribution in [2.75, 3.05) is 25.0 Å². The van der Waals surface area contributed by atoms with Crippen molar-refractivity contribution in [1.82, 2.24) is 15.2 Å². The van der Waals surface area contributed by atoms with Crippen LogP contribution in [0.2, 0.25) is 0 Å². The van der Waals surface area contributed by atoms with Gasteiger partial charge >= 0.3 is 0 Å². The molecule has 1 aromatic carbocycles. The Balaban J connectivity index is 1.50. The third-order valence-electron chi connectivity index (χ3n) is 4.97. The quantitative estimate of drug-likeness (QED) is 0.609. The van der Waals surface area contributed by atoms with E-state index < -0.39 is 0 Å². The van der Waals surface area contributed by atoms with E-state index in [4.69, 9.17) is 4.74 Å². The highest BCUT2D eigenvalue weighted by Gasteiger charge is 2.24. The number of hydrogen-bond acceptors (Lipinski definition) is 5. The molecule has 0 radical (unpaired) electrons. The Morgan fingerprint density at radius 2 is 1.84 bits per heavy atom. The molecule has 0 spiro atoms. The molecule has 3 amide bonds. The topological polar surface area (TPSA) is 101 Å². The summed E-state index contributed by atoms with van der Waals surface area (Å²) in [6.45, 7) is 1.35. The van der Waals surface area contributed by atoms with Crippen molar-refractivity contribution >= 4 is 23.5 Å². The lowest BCUT2D eigenvalue weighted by molar-refractivity contribution is -0.138. The summed E-state index contributed by atoms with van der Waals surface area (Å²) in [5, 5.41) is 5.51. The van der Waals surface area contributed by atoms with E-state index in [0.717, 1.165) is 18.4 Å². The van der Waals surface area contributed by atoms with E-state index in [2.05, 4.69) is 15.6 Å². The van der Waals surface area contributed by atoms with Gasteiger partial charge < -0.3 is 20.3 Å². The Bertz CT molecular complexity index is 854. The van der Waals surface area contributed by atoms with Crippen LogP contribution >= 0.6 is 0 Å². The molecule has 31 heavy (non-hydrogen) atoms. The van der Waals surface area contributed by atoms with Crippen LogP contribution in [-0.4, -0.2) is 53.4 Å². The van der Waals surface area contributed by atoms with Gasteiger partial charge in [-0.15, -0.1) is 0 Å². The minimum absolute atomic E-state index is 0.0113. The van der Waals surface area contributed by atoms with Gasteiger partial charge in [0.25, 0.3) is 0 Å². The van der Waals surface area contributed by atoms with Crippen LogP contribution in [0.25, 0.3) is 0 Å². The molecule has 1 aliphatic heterocycles. The van der Waals surface area contributed by atoms with Gasteiger partial charge in [0.1, 0.15) is 5.82 Å². The standard InChI is InChI=1S/C23H28N4O4/c28-21(26-20-10-4-5-13-24-20)11-12-23(30)27(16-19-9-6-14-31-19)17-22(29)25-15-18-7-2-1-3-8-18/h1-5,7-8,10,13,19H,6,9,11-12,14-17H2,(H,25,29)(H,24,26,28)/t19-/m1/s1. The minimum atomic E-state index is -0.294. The largest absolute Gasteiger partial charge is 0.376 e. The van der Waals surface area contributed by atoms with Gasteiger partial charge in [-0.2, -0.15) is 0 Å². The SMILES string of the molecule is O=C(CN(C[C@H]1CCCO1)C(=O)CCC(=O)Nc1ccccn1)NCc1ccccc1. The number of carbonyl (C=O) groups excluding carboxylic acids is 3. The fraction of sp³-hybridized carbons (Fsp3) is 0.391. The summed E-state index contributed by atoms with van der Waals surface area (Å²) < 4.78 is 5.64. The predicted octanol–water partition coefficient (Wildman–Crippen LogP) is 2.12. The van der Waals surface area contributed by atoms with Crippen LogP contribution in [0.4, 0.5) is 5.82 Å². The molecule has 1 atom stereocenters. The van der Waals surface area contributed by atoms with Crippen molar-refractivity contribution in [2.45, 2.75) is 38.3 Å². The van der Waals surface area contributed by atoms with Crippen molar-refractivity contribution < 1.29 is 19.1 Å². The molecule has 0 bridgehead atoms. The first-order valence-corrected chi connectivity index (χ1v) is 10.5. The van der Waals surface area contributed by atoms with Gasteiger partial charge in [0.05, 0.1) is 12.6 Å². The number of carbonyl (C=O) groups is 3. The van der Waals surface area contributed by atoms with Crippen LogP contribution in [0.3, 0.4) is 0 Å². The number of ether oxygens (including phenoxy) is 1. The third kappa shape index (κ3) is 7.82. The molecule has 0 saturated carbocycles. The Morgan fingerprint density at radius 1 is 1.03 bits per heavy atom. The highest BCUT2D eigenvalue weighted by Crippen LogP contribution is 2.14. The first kappa shape index (κ1) is 22.4. The van der Waals surface area contributed by atoms with E-state index >= 15 is 0 Å². The molecule has 3 rings (SSSR count). The monoisotopic (exact) mass is 424 g/mol. The van der Waals surface area contributed by atoms with E-state index in [1.54, 1.807) is 24.4 Å². The van der Waals surface area contributed by atoms with E-state index in [1.807, 2.05) is 30.3 Å². The van der Waals surface area contributed by atoms with Gasteiger partial charge in [-0.05, 0) is 30.5 Å². The molecule has 1 saturated heterocycles. The van der Waals surface area contributed by atoms with Crippen LogP contribution in [0.1, 0.15) is 31.2 Å². The number of nitrogens with one attached hydrogen (secondary N) is 2. The number of benzene rings is 1. The highest BCUT2D eigenvalue weighted by atomic mass is 16.5. The van der Waals surface area contributed by atoms with Gasteiger partial charge in [-0.25, -0.2) is 4.98 Å². The summed E-state index contributed by atoms with van der Waals surface area (Å²) in [5.41, 5.74) is 0.985. The summed E-state index contributed by atoms with van der Waals surface area (Å²) in [6, 6.07) is 14.8. The molecule has 8 heteroatoms. The molecule has 164 valence electrons. The Hall–Kier alpha value is -3.26. The van der Waals surface area contributed by atoms with Crippen LogP contribution in [0, 0.1) is 0 Å². The lowest BCUT2D eigenvalue weighted by atomic mass is 10.2.